The van der Waals surface area contributed by atoms with Crippen LogP contribution in [0.2, 0.25) is 10.0 Å². The van der Waals surface area contributed by atoms with Gasteiger partial charge in [0.25, 0.3) is 0 Å². The molecule has 0 aliphatic rings. The first-order valence-electron chi connectivity index (χ1n) is 6.93. The Labute approximate surface area is 136 Å². The van der Waals surface area contributed by atoms with Crippen molar-refractivity contribution in [3.8, 4) is 0 Å². The predicted octanol–water partition coefficient (Wildman–Crippen LogP) is 4.91. The zero-order chi connectivity index (χ0) is 15.4. The van der Waals surface area contributed by atoms with Crippen LogP contribution in [0.3, 0.4) is 0 Å². The van der Waals surface area contributed by atoms with Crippen molar-refractivity contribution in [3.05, 3.63) is 63.6 Å². The zero-order valence-corrected chi connectivity index (χ0v) is 14.0. The number of nitrogens with zero attached hydrogens (tertiary/aromatic N) is 1. The van der Waals surface area contributed by atoms with Crippen LogP contribution >= 0.6 is 23.2 Å². The van der Waals surface area contributed by atoms with Crippen LogP contribution in [0.4, 0.5) is 5.69 Å². The first-order chi connectivity index (χ1) is 10.0. The van der Waals surface area contributed by atoms with Crippen LogP contribution in [-0.4, -0.2) is 14.1 Å². The van der Waals surface area contributed by atoms with Crippen molar-refractivity contribution in [1.29, 1.82) is 0 Å². The van der Waals surface area contributed by atoms with Crippen molar-refractivity contribution >= 4 is 28.9 Å². The van der Waals surface area contributed by atoms with Gasteiger partial charge in [-0.3, -0.25) is 0 Å². The predicted molar refractivity (Wildman–Crippen MR) is 92.5 cm³/mol. The van der Waals surface area contributed by atoms with Gasteiger partial charge in [-0.05, 0) is 49.4 Å². The molecule has 1 unspecified atom stereocenters. The molecule has 4 heteroatoms. The molecule has 2 aromatic rings. The quantitative estimate of drug-likeness (QED) is 0.841. The van der Waals surface area contributed by atoms with Crippen molar-refractivity contribution in [3.63, 3.8) is 0 Å². The van der Waals surface area contributed by atoms with E-state index in [1.165, 1.54) is 5.56 Å². The van der Waals surface area contributed by atoms with E-state index >= 15 is 0 Å². The number of hydrogen-bond acceptors (Lipinski definition) is 2. The van der Waals surface area contributed by atoms with E-state index in [4.69, 9.17) is 23.2 Å². The minimum atomic E-state index is 0.287. The summed E-state index contributed by atoms with van der Waals surface area (Å²) in [5.74, 6) is 0. The van der Waals surface area contributed by atoms with Crippen molar-refractivity contribution < 1.29 is 0 Å². The lowest BCUT2D eigenvalue weighted by atomic mass is 10.1. The Balaban J connectivity index is 2.17. The molecule has 2 nitrogen and oxygen atoms in total. The van der Waals surface area contributed by atoms with Crippen molar-refractivity contribution in [1.82, 2.24) is 5.32 Å². The SMILES string of the molecule is CNC(C)c1ccc(N(C)Cc2cccc(Cl)c2)c(Cl)c1. The maximum absolute atomic E-state index is 6.43. The summed E-state index contributed by atoms with van der Waals surface area (Å²) in [7, 11) is 3.97. The summed E-state index contributed by atoms with van der Waals surface area (Å²) in [6.07, 6.45) is 0. The average Bonchev–Trinajstić information content (AvgIpc) is 2.46. The van der Waals surface area contributed by atoms with Gasteiger partial charge in [-0.15, -0.1) is 0 Å². The molecule has 0 aliphatic carbocycles. The van der Waals surface area contributed by atoms with Gasteiger partial charge in [0, 0.05) is 24.7 Å². The third-order valence-electron chi connectivity index (χ3n) is 3.62. The molecule has 0 aromatic heterocycles. The number of halogens is 2. The second-order valence-corrected chi connectivity index (χ2v) is 6.05. The smallest absolute Gasteiger partial charge is 0.0642 e. The standard InChI is InChI=1S/C17H20Cl2N2/c1-12(20-2)14-7-8-17(16(19)10-14)21(3)11-13-5-4-6-15(18)9-13/h4-10,12,20H,11H2,1-3H3. The molecule has 112 valence electrons. The summed E-state index contributed by atoms with van der Waals surface area (Å²) < 4.78 is 0. The molecule has 1 N–H and O–H groups in total. The number of nitrogens with one attached hydrogen (secondary N) is 1. The van der Waals surface area contributed by atoms with Crippen LogP contribution < -0.4 is 10.2 Å². The Kier molecular flexibility index (Phi) is 5.51. The van der Waals surface area contributed by atoms with Crippen LogP contribution in [-0.2, 0) is 6.54 Å². The molecule has 0 saturated heterocycles. The monoisotopic (exact) mass is 322 g/mol. The molecule has 21 heavy (non-hydrogen) atoms. The fourth-order valence-corrected chi connectivity index (χ4v) is 2.81. The second-order valence-electron chi connectivity index (χ2n) is 5.21. The molecule has 2 aromatic carbocycles. The van der Waals surface area contributed by atoms with Gasteiger partial charge in [-0.2, -0.15) is 0 Å². The molecule has 0 bridgehead atoms. The van der Waals surface area contributed by atoms with Crippen LogP contribution in [0.25, 0.3) is 0 Å². The summed E-state index contributed by atoms with van der Waals surface area (Å²) in [4.78, 5) is 2.13. The van der Waals surface area contributed by atoms with Gasteiger partial charge in [0.05, 0.1) is 10.7 Å². The Bertz CT molecular complexity index is 613. The Hall–Kier alpha value is -1.22. The number of anilines is 1. The van der Waals surface area contributed by atoms with Crippen LogP contribution in [0.15, 0.2) is 42.5 Å². The summed E-state index contributed by atoms with van der Waals surface area (Å²) in [5.41, 5.74) is 3.36. The largest absolute Gasteiger partial charge is 0.369 e. The van der Waals surface area contributed by atoms with Gasteiger partial charge in [0.2, 0.25) is 0 Å². The van der Waals surface area contributed by atoms with Crippen molar-refractivity contribution in [2.24, 2.45) is 0 Å². The molecule has 0 fully saturated rings. The molecule has 0 heterocycles. The molecular formula is C17H20Cl2N2. The maximum atomic E-state index is 6.43. The van der Waals surface area contributed by atoms with Gasteiger partial charge in [-0.1, -0.05) is 41.4 Å². The summed E-state index contributed by atoms with van der Waals surface area (Å²) >= 11 is 12.5. The lowest BCUT2D eigenvalue weighted by Gasteiger charge is -2.22. The molecular weight excluding hydrogens is 303 g/mol. The Morgan fingerprint density at radius 2 is 1.90 bits per heavy atom. The van der Waals surface area contributed by atoms with E-state index in [1.54, 1.807) is 0 Å². The molecule has 0 spiro atoms. The fraction of sp³-hybridized carbons (Fsp3) is 0.294. The summed E-state index contributed by atoms with van der Waals surface area (Å²) in [6, 6.07) is 14.4. The number of rotatable bonds is 5. The highest BCUT2D eigenvalue weighted by atomic mass is 35.5. The Morgan fingerprint density at radius 1 is 1.14 bits per heavy atom. The molecule has 1 atom stereocenters. The first-order valence-corrected chi connectivity index (χ1v) is 7.69. The third-order valence-corrected chi connectivity index (χ3v) is 4.16. The molecule has 0 amide bonds. The highest BCUT2D eigenvalue weighted by Crippen LogP contribution is 2.29. The minimum Gasteiger partial charge on any atom is -0.369 e. The number of hydrogen-bond donors (Lipinski definition) is 1. The summed E-state index contributed by atoms with van der Waals surface area (Å²) in [6.45, 7) is 2.88. The van der Waals surface area contributed by atoms with E-state index in [0.29, 0.717) is 0 Å². The average molecular weight is 323 g/mol. The highest BCUT2D eigenvalue weighted by molar-refractivity contribution is 6.33. The topological polar surface area (TPSA) is 15.3 Å². The second kappa shape index (κ2) is 7.17. The molecule has 2 rings (SSSR count). The van der Waals surface area contributed by atoms with E-state index in [2.05, 4.69) is 35.3 Å². The van der Waals surface area contributed by atoms with Gasteiger partial charge in [0.15, 0.2) is 0 Å². The van der Waals surface area contributed by atoms with Crippen molar-refractivity contribution in [2.75, 3.05) is 19.0 Å². The third kappa shape index (κ3) is 4.13. The van der Waals surface area contributed by atoms with Gasteiger partial charge in [0.1, 0.15) is 0 Å². The summed E-state index contributed by atoms with van der Waals surface area (Å²) in [5, 5.41) is 4.73. The number of benzene rings is 2. The van der Waals surface area contributed by atoms with E-state index in [1.807, 2.05) is 38.4 Å². The molecule has 0 aliphatic heterocycles. The maximum Gasteiger partial charge on any atom is 0.0642 e. The van der Waals surface area contributed by atoms with E-state index in [9.17, 15) is 0 Å². The first kappa shape index (κ1) is 16.2. The van der Waals surface area contributed by atoms with Crippen LogP contribution in [0.5, 0.6) is 0 Å². The molecule has 0 radical (unpaired) electrons. The van der Waals surface area contributed by atoms with E-state index in [-0.39, 0.29) is 6.04 Å². The van der Waals surface area contributed by atoms with Gasteiger partial charge in [-0.25, -0.2) is 0 Å². The van der Waals surface area contributed by atoms with Crippen LogP contribution in [0.1, 0.15) is 24.1 Å². The van der Waals surface area contributed by atoms with Gasteiger partial charge >= 0.3 is 0 Å². The van der Waals surface area contributed by atoms with Gasteiger partial charge < -0.3 is 10.2 Å². The highest BCUT2D eigenvalue weighted by Gasteiger charge is 2.10. The minimum absolute atomic E-state index is 0.287. The van der Waals surface area contributed by atoms with Crippen LogP contribution in [0, 0.1) is 0 Å². The zero-order valence-electron chi connectivity index (χ0n) is 12.5. The van der Waals surface area contributed by atoms with E-state index in [0.717, 1.165) is 27.8 Å². The lowest BCUT2D eigenvalue weighted by Crippen LogP contribution is -2.17. The molecule has 0 saturated carbocycles. The lowest BCUT2D eigenvalue weighted by molar-refractivity contribution is 0.652. The fourth-order valence-electron chi connectivity index (χ4n) is 2.26. The Morgan fingerprint density at radius 3 is 2.52 bits per heavy atom. The van der Waals surface area contributed by atoms with Crippen molar-refractivity contribution in [2.45, 2.75) is 19.5 Å². The van der Waals surface area contributed by atoms with E-state index < -0.39 is 0 Å². The normalized spacial score (nSPS) is 12.2.